The Labute approximate surface area is 102 Å². The molecule has 2 heterocycles. The van der Waals surface area contributed by atoms with Crippen LogP contribution in [0.3, 0.4) is 0 Å². The van der Waals surface area contributed by atoms with Gasteiger partial charge in [0, 0.05) is 32.4 Å². The first-order valence-corrected chi connectivity index (χ1v) is 6.17. The molecule has 17 heavy (non-hydrogen) atoms. The Hall–Kier alpha value is -0.980. The zero-order valence-electron chi connectivity index (χ0n) is 10.4. The van der Waals surface area contributed by atoms with Crippen molar-refractivity contribution in [3.63, 3.8) is 0 Å². The van der Waals surface area contributed by atoms with E-state index in [1.165, 1.54) is 12.8 Å². The third kappa shape index (κ3) is 3.76. The maximum atomic E-state index is 5.60. The van der Waals surface area contributed by atoms with Crippen molar-refractivity contribution in [3.8, 4) is 0 Å². The van der Waals surface area contributed by atoms with Crippen molar-refractivity contribution in [1.82, 2.24) is 19.9 Å². The molecule has 0 aromatic carbocycles. The van der Waals surface area contributed by atoms with Crippen molar-refractivity contribution in [2.24, 2.45) is 5.73 Å². The van der Waals surface area contributed by atoms with Crippen LogP contribution in [-0.2, 0) is 17.8 Å². The molecule has 1 fully saturated rings. The van der Waals surface area contributed by atoms with E-state index in [-0.39, 0.29) is 0 Å². The fourth-order valence-electron chi connectivity index (χ4n) is 2.04. The van der Waals surface area contributed by atoms with Gasteiger partial charge in [-0.2, -0.15) is 0 Å². The largest absolute Gasteiger partial charge is 0.377 e. The Bertz CT molecular complexity index is 334. The Morgan fingerprint density at radius 2 is 2.53 bits per heavy atom. The molecule has 1 saturated heterocycles. The Morgan fingerprint density at radius 3 is 3.18 bits per heavy atom. The maximum Gasteiger partial charge on any atom is 0.0962 e. The van der Waals surface area contributed by atoms with E-state index in [1.807, 2.05) is 10.9 Å². The van der Waals surface area contributed by atoms with Crippen LogP contribution in [0, 0.1) is 0 Å². The topological polar surface area (TPSA) is 69.2 Å². The molecule has 6 heteroatoms. The summed E-state index contributed by atoms with van der Waals surface area (Å²) in [4.78, 5) is 2.28. The van der Waals surface area contributed by atoms with Gasteiger partial charge in [0.05, 0.1) is 18.3 Å². The molecule has 0 saturated carbocycles. The molecule has 0 radical (unpaired) electrons. The van der Waals surface area contributed by atoms with Crippen LogP contribution in [0.25, 0.3) is 0 Å². The molecule has 0 bridgehead atoms. The maximum absolute atomic E-state index is 5.60. The number of nitrogens with zero attached hydrogens (tertiary/aromatic N) is 4. The van der Waals surface area contributed by atoms with Crippen LogP contribution in [0.1, 0.15) is 18.5 Å². The van der Waals surface area contributed by atoms with Crippen molar-refractivity contribution in [3.05, 3.63) is 11.9 Å². The zero-order valence-corrected chi connectivity index (χ0v) is 10.4. The highest BCUT2D eigenvalue weighted by Gasteiger charge is 2.17. The molecule has 0 spiro atoms. The van der Waals surface area contributed by atoms with E-state index < -0.39 is 0 Å². The lowest BCUT2D eigenvalue weighted by Crippen LogP contribution is -2.31. The summed E-state index contributed by atoms with van der Waals surface area (Å²) in [6, 6.07) is 0. The van der Waals surface area contributed by atoms with Gasteiger partial charge in [0.1, 0.15) is 0 Å². The predicted octanol–water partition coefficient (Wildman–Crippen LogP) is -0.152. The second-order valence-electron chi connectivity index (χ2n) is 4.57. The molecular formula is C11H21N5O. The van der Waals surface area contributed by atoms with Crippen LogP contribution in [0.4, 0.5) is 0 Å². The van der Waals surface area contributed by atoms with Gasteiger partial charge in [0.2, 0.25) is 0 Å². The first-order chi connectivity index (χ1) is 8.28. The van der Waals surface area contributed by atoms with Crippen molar-refractivity contribution in [1.29, 1.82) is 0 Å². The highest BCUT2D eigenvalue weighted by molar-refractivity contribution is 4.90. The van der Waals surface area contributed by atoms with Gasteiger partial charge in [0.15, 0.2) is 0 Å². The molecule has 6 nitrogen and oxygen atoms in total. The standard InChI is InChI=1S/C11H21N5O/c1-15(9-11-3-2-6-17-11)4-5-16-8-10(7-12)13-14-16/h8,11H,2-7,9,12H2,1H3. The van der Waals surface area contributed by atoms with Gasteiger partial charge in [-0.1, -0.05) is 5.21 Å². The van der Waals surface area contributed by atoms with Gasteiger partial charge in [-0.15, -0.1) is 5.10 Å². The number of rotatable bonds is 6. The molecule has 1 unspecified atom stereocenters. The van der Waals surface area contributed by atoms with E-state index in [4.69, 9.17) is 10.5 Å². The average Bonchev–Trinajstić information content (AvgIpc) is 2.96. The summed E-state index contributed by atoms with van der Waals surface area (Å²) in [5.74, 6) is 0. The molecule has 1 aromatic rings. The Kier molecular flexibility index (Phi) is 4.47. The number of nitrogens with two attached hydrogens (primary N) is 1. The predicted molar refractivity (Wildman–Crippen MR) is 64.4 cm³/mol. The van der Waals surface area contributed by atoms with Crippen molar-refractivity contribution >= 4 is 0 Å². The molecule has 1 atom stereocenters. The van der Waals surface area contributed by atoms with E-state index in [0.717, 1.165) is 31.9 Å². The van der Waals surface area contributed by atoms with Crippen LogP contribution < -0.4 is 5.73 Å². The normalized spacial score (nSPS) is 20.3. The first-order valence-electron chi connectivity index (χ1n) is 6.17. The second kappa shape index (κ2) is 6.09. The zero-order chi connectivity index (χ0) is 12.1. The van der Waals surface area contributed by atoms with Crippen LogP contribution in [-0.4, -0.2) is 52.7 Å². The van der Waals surface area contributed by atoms with Crippen LogP contribution >= 0.6 is 0 Å². The van der Waals surface area contributed by atoms with Gasteiger partial charge in [-0.25, -0.2) is 0 Å². The number of likely N-dealkylation sites (N-methyl/N-ethyl adjacent to an activating group) is 1. The van der Waals surface area contributed by atoms with Crippen LogP contribution in [0.5, 0.6) is 0 Å². The quantitative estimate of drug-likeness (QED) is 0.747. The molecule has 0 aliphatic carbocycles. The lowest BCUT2D eigenvalue weighted by atomic mass is 10.2. The van der Waals surface area contributed by atoms with Gasteiger partial charge in [-0.05, 0) is 19.9 Å². The first kappa shape index (κ1) is 12.5. The summed E-state index contributed by atoms with van der Waals surface area (Å²) in [6.45, 7) is 4.16. The average molecular weight is 239 g/mol. The minimum absolute atomic E-state index is 0.412. The summed E-state index contributed by atoms with van der Waals surface area (Å²) in [5, 5.41) is 7.98. The van der Waals surface area contributed by atoms with E-state index in [9.17, 15) is 0 Å². The lowest BCUT2D eigenvalue weighted by Gasteiger charge is -2.20. The van der Waals surface area contributed by atoms with Gasteiger partial charge < -0.3 is 15.4 Å². The summed E-state index contributed by atoms with van der Waals surface area (Å²) < 4.78 is 7.45. The Morgan fingerprint density at radius 1 is 1.65 bits per heavy atom. The van der Waals surface area contributed by atoms with Crippen LogP contribution in [0.2, 0.25) is 0 Å². The van der Waals surface area contributed by atoms with Gasteiger partial charge >= 0.3 is 0 Å². The molecular weight excluding hydrogens is 218 g/mol. The van der Waals surface area contributed by atoms with Crippen molar-refractivity contribution in [2.45, 2.75) is 32.0 Å². The third-order valence-corrected chi connectivity index (χ3v) is 3.05. The van der Waals surface area contributed by atoms with E-state index in [2.05, 4.69) is 22.3 Å². The number of ether oxygens (including phenoxy) is 1. The van der Waals surface area contributed by atoms with E-state index in [1.54, 1.807) is 0 Å². The molecule has 0 amide bonds. The molecule has 2 N–H and O–H groups in total. The second-order valence-corrected chi connectivity index (χ2v) is 4.57. The highest BCUT2D eigenvalue weighted by atomic mass is 16.5. The minimum Gasteiger partial charge on any atom is -0.377 e. The lowest BCUT2D eigenvalue weighted by molar-refractivity contribution is 0.0800. The van der Waals surface area contributed by atoms with Crippen molar-refractivity contribution in [2.75, 3.05) is 26.7 Å². The smallest absolute Gasteiger partial charge is 0.0962 e. The minimum atomic E-state index is 0.412. The highest BCUT2D eigenvalue weighted by Crippen LogP contribution is 2.12. The van der Waals surface area contributed by atoms with Gasteiger partial charge in [0.25, 0.3) is 0 Å². The molecule has 96 valence electrons. The van der Waals surface area contributed by atoms with Gasteiger partial charge in [-0.3, -0.25) is 4.68 Å². The van der Waals surface area contributed by atoms with Crippen molar-refractivity contribution < 1.29 is 4.74 Å². The monoisotopic (exact) mass is 239 g/mol. The fraction of sp³-hybridized carbons (Fsp3) is 0.818. The number of hydrogen-bond acceptors (Lipinski definition) is 5. The SMILES string of the molecule is CN(CCn1cc(CN)nn1)CC1CCCO1. The molecule has 1 aromatic heterocycles. The van der Waals surface area contributed by atoms with E-state index >= 15 is 0 Å². The summed E-state index contributed by atoms with van der Waals surface area (Å²) in [7, 11) is 2.11. The fourth-order valence-corrected chi connectivity index (χ4v) is 2.04. The summed E-state index contributed by atoms with van der Waals surface area (Å²) in [6.07, 6.45) is 4.70. The summed E-state index contributed by atoms with van der Waals surface area (Å²) in [5.41, 5.74) is 6.32. The number of hydrogen-bond donors (Lipinski definition) is 1. The van der Waals surface area contributed by atoms with E-state index in [0.29, 0.717) is 12.6 Å². The van der Waals surface area contributed by atoms with Crippen LogP contribution in [0.15, 0.2) is 6.20 Å². The molecule has 1 aliphatic heterocycles. The summed E-state index contributed by atoms with van der Waals surface area (Å²) >= 11 is 0. The molecule has 2 rings (SSSR count). The molecule has 1 aliphatic rings. The third-order valence-electron chi connectivity index (χ3n) is 3.05. The Balaban J connectivity index is 1.69. The number of aromatic nitrogens is 3.